The van der Waals surface area contributed by atoms with Gasteiger partial charge in [-0.3, -0.25) is 9.59 Å². The molecule has 0 radical (unpaired) electrons. The highest BCUT2D eigenvalue weighted by molar-refractivity contribution is 5.84. The highest BCUT2D eigenvalue weighted by atomic mass is 19.1. The third kappa shape index (κ3) is 3.98. The smallest absolute Gasteiger partial charge is 0.314 e. The first-order valence-electron chi connectivity index (χ1n) is 10.6. The molecule has 2 heterocycles. The Hall–Kier alpha value is -2.70. The van der Waals surface area contributed by atoms with Crippen LogP contribution in [0.3, 0.4) is 0 Å². The summed E-state index contributed by atoms with van der Waals surface area (Å²) in [5.74, 6) is 0.381. The van der Waals surface area contributed by atoms with Crippen LogP contribution in [0.15, 0.2) is 34.9 Å². The topological polar surface area (TPSA) is 72.6 Å². The molecule has 160 valence electrons. The average molecular weight is 414 g/mol. The predicted molar refractivity (Wildman–Crippen MR) is 108 cm³/mol. The van der Waals surface area contributed by atoms with Gasteiger partial charge in [-0.25, -0.2) is 4.39 Å². The number of hydrogen-bond donors (Lipinski definition) is 0. The predicted octanol–water partition coefficient (Wildman–Crippen LogP) is 3.85. The Morgan fingerprint density at radius 1 is 1.37 bits per heavy atom. The maximum atomic E-state index is 14.1. The molecule has 2 aliphatic rings. The van der Waals surface area contributed by atoms with Crippen molar-refractivity contribution in [1.82, 2.24) is 10.1 Å². The Kier molecular flexibility index (Phi) is 5.62. The van der Waals surface area contributed by atoms with Crippen molar-refractivity contribution < 1.29 is 23.2 Å². The van der Waals surface area contributed by atoms with Gasteiger partial charge in [0.1, 0.15) is 17.3 Å². The number of likely N-dealkylation sites (tertiary alicyclic amines) is 1. The van der Waals surface area contributed by atoms with Crippen molar-refractivity contribution in [3.8, 4) is 11.3 Å². The second-order valence-corrected chi connectivity index (χ2v) is 8.52. The molecule has 1 saturated heterocycles. The van der Waals surface area contributed by atoms with Crippen LogP contribution in [0.2, 0.25) is 0 Å². The number of amides is 1. The van der Waals surface area contributed by atoms with Gasteiger partial charge in [-0.2, -0.15) is 0 Å². The number of rotatable bonds is 6. The molecule has 3 atom stereocenters. The molecule has 3 unspecified atom stereocenters. The molecule has 0 N–H and O–H groups in total. The zero-order valence-electron chi connectivity index (χ0n) is 17.4. The Bertz CT molecular complexity index is 943. The van der Waals surface area contributed by atoms with E-state index in [9.17, 15) is 14.0 Å². The number of carbonyl (C=O) groups is 2. The van der Waals surface area contributed by atoms with Crippen molar-refractivity contribution in [3.63, 3.8) is 0 Å². The molecule has 0 spiro atoms. The zero-order chi connectivity index (χ0) is 21.3. The number of aromatic nitrogens is 1. The van der Waals surface area contributed by atoms with Crippen LogP contribution in [-0.2, 0) is 20.7 Å². The largest absolute Gasteiger partial charge is 0.466 e. The fourth-order valence-corrected chi connectivity index (χ4v) is 4.41. The number of carbonyl (C=O) groups excluding carboxylic acids is 2. The van der Waals surface area contributed by atoms with Gasteiger partial charge < -0.3 is 14.2 Å². The molecule has 4 rings (SSSR count). The Labute approximate surface area is 175 Å². The lowest BCUT2D eigenvalue weighted by molar-refractivity contribution is -0.161. The molecule has 1 aromatic carbocycles. The molecular weight excluding hydrogens is 387 g/mol. The first kappa shape index (κ1) is 20.6. The van der Waals surface area contributed by atoms with Crippen LogP contribution in [0.4, 0.5) is 4.39 Å². The Balaban J connectivity index is 1.58. The Morgan fingerprint density at radius 2 is 2.13 bits per heavy atom. The molecule has 2 aromatic rings. The summed E-state index contributed by atoms with van der Waals surface area (Å²) in [6.45, 7) is 5.08. The van der Waals surface area contributed by atoms with E-state index < -0.39 is 5.41 Å². The number of ether oxygens (including phenoxy) is 1. The van der Waals surface area contributed by atoms with E-state index in [4.69, 9.17) is 9.26 Å². The second-order valence-electron chi connectivity index (χ2n) is 8.52. The van der Waals surface area contributed by atoms with Crippen LogP contribution >= 0.6 is 0 Å². The van der Waals surface area contributed by atoms with Gasteiger partial charge in [0.15, 0.2) is 0 Å². The summed E-state index contributed by atoms with van der Waals surface area (Å²) < 4.78 is 25.0. The van der Waals surface area contributed by atoms with E-state index in [0.717, 1.165) is 12.8 Å². The summed E-state index contributed by atoms with van der Waals surface area (Å²) in [7, 11) is 0. The second kappa shape index (κ2) is 8.20. The first-order chi connectivity index (χ1) is 14.4. The number of hydrogen-bond acceptors (Lipinski definition) is 5. The van der Waals surface area contributed by atoms with E-state index in [1.165, 1.54) is 6.07 Å². The summed E-state index contributed by atoms with van der Waals surface area (Å²) in [5, 5.41) is 4.00. The van der Waals surface area contributed by atoms with Crippen molar-refractivity contribution in [1.29, 1.82) is 0 Å². The molecule has 6 nitrogen and oxygen atoms in total. The van der Waals surface area contributed by atoms with Crippen LogP contribution in [0.5, 0.6) is 0 Å². The number of benzene rings is 1. The first-order valence-corrected chi connectivity index (χ1v) is 10.6. The summed E-state index contributed by atoms with van der Waals surface area (Å²) in [4.78, 5) is 27.6. The number of nitrogens with zero attached hydrogens (tertiary/aromatic N) is 2. The van der Waals surface area contributed by atoms with E-state index in [-0.39, 0.29) is 36.6 Å². The standard InChI is InChI=1S/C23H27FN2O4/c1-3-29-22(28)23(9-6-10-26(14-23)21(27)18-11-15(18)2)13-16-12-20(25-30-16)17-7-4-5-8-19(17)24/h4-5,7-8,12,15,18H,3,6,9-11,13-14H2,1-2H3. The molecular formula is C23H27FN2O4. The van der Waals surface area contributed by atoms with Crippen molar-refractivity contribution in [2.45, 2.75) is 39.5 Å². The monoisotopic (exact) mass is 414 g/mol. The van der Waals surface area contributed by atoms with Gasteiger partial charge in [0.2, 0.25) is 5.91 Å². The maximum Gasteiger partial charge on any atom is 0.314 e. The molecule has 1 aliphatic heterocycles. The minimum Gasteiger partial charge on any atom is -0.466 e. The fraction of sp³-hybridized carbons (Fsp3) is 0.522. The summed E-state index contributed by atoms with van der Waals surface area (Å²) in [6.07, 6.45) is 2.50. The van der Waals surface area contributed by atoms with E-state index in [0.29, 0.717) is 42.4 Å². The molecule has 1 aromatic heterocycles. The van der Waals surface area contributed by atoms with Gasteiger partial charge >= 0.3 is 5.97 Å². The van der Waals surface area contributed by atoms with Crippen LogP contribution in [0, 0.1) is 23.1 Å². The summed E-state index contributed by atoms with van der Waals surface area (Å²) >= 11 is 0. The minimum absolute atomic E-state index is 0.0703. The normalized spacial score (nSPS) is 25.8. The number of halogens is 1. The lowest BCUT2D eigenvalue weighted by Crippen LogP contribution is -2.52. The SMILES string of the molecule is CCOC(=O)C1(Cc2cc(-c3ccccc3F)no2)CCCN(C(=O)C2CC2C)C1. The highest BCUT2D eigenvalue weighted by Crippen LogP contribution is 2.42. The van der Waals surface area contributed by atoms with Gasteiger partial charge in [-0.15, -0.1) is 0 Å². The van der Waals surface area contributed by atoms with Crippen LogP contribution in [-0.4, -0.2) is 41.6 Å². The molecule has 1 aliphatic carbocycles. The van der Waals surface area contributed by atoms with Gasteiger partial charge in [0.25, 0.3) is 0 Å². The molecule has 7 heteroatoms. The minimum atomic E-state index is -0.881. The average Bonchev–Trinajstić information content (AvgIpc) is 3.29. The van der Waals surface area contributed by atoms with Crippen LogP contribution < -0.4 is 0 Å². The quantitative estimate of drug-likeness (QED) is 0.672. The van der Waals surface area contributed by atoms with Gasteiger partial charge in [0, 0.05) is 37.1 Å². The lowest BCUT2D eigenvalue weighted by atomic mass is 9.76. The summed E-state index contributed by atoms with van der Waals surface area (Å²) in [5.41, 5.74) is -0.146. The van der Waals surface area contributed by atoms with E-state index >= 15 is 0 Å². The van der Waals surface area contributed by atoms with Crippen molar-refractivity contribution in [2.24, 2.45) is 17.3 Å². The third-order valence-electron chi connectivity index (χ3n) is 6.25. The van der Waals surface area contributed by atoms with Crippen molar-refractivity contribution in [3.05, 3.63) is 41.9 Å². The van der Waals surface area contributed by atoms with E-state index in [2.05, 4.69) is 12.1 Å². The fourth-order valence-electron chi connectivity index (χ4n) is 4.41. The Morgan fingerprint density at radius 3 is 2.83 bits per heavy atom. The molecule has 2 fully saturated rings. The number of piperidine rings is 1. The van der Waals surface area contributed by atoms with Crippen molar-refractivity contribution in [2.75, 3.05) is 19.7 Å². The maximum absolute atomic E-state index is 14.1. The molecule has 1 saturated carbocycles. The lowest BCUT2D eigenvalue weighted by Gasteiger charge is -2.40. The third-order valence-corrected chi connectivity index (χ3v) is 6.25. The van der Waals surface area contributed by atoms with E-state index in [1.54, 1.807) is 31.2 Å². The number of esters is 1. The van der Waals surface area contributed by atoms with E-state index in [1.807, 2.05) is 4.90 Å². The highest BCUT2D eigenvalue weighted by Gasteiger charge is 2.49. The van der Waals surface area contributed by atoms with Crippen LogP contribution in [0.25, 0.3) is 11.3 Å². The molecule has 0 bridgehead atoms. The van der Waals surface area contributed by atoms with Crippen LogP contribution in [0.1, 0.15) is 38.9 Å². The van der Waals surface area contributed by atoms with Gasteiger partial charge in [0.05, 0.1) is 12.0 Å². The van der Waals surface area contributed by atoms with Gasteiger partial charge in [-0.05, 0) is 44.2 Å². The molecule has 1 amide bonds. The van der Waals surface area contributed by atoms with Crippen molar-refractivity contribution >= 4 is 11.9 Å². The molecule has 30 heavy (non-hydrogen) atoms. The zero-order valence-corrected chi connectivity index (χ0v) is 17.4. The van der Waals surface area contributed by atoms with Gasteiger partial charge in [-0.1, -0.05) is 24.2 Å². The summed E-state index contributed by atoms with van der Waals surface area (Å²) in [6, 6.07) is 8.02.